The molecule has 104 valence electrons. The van der Waals surface area contributed by atoms with Gasteiger partial charge in [-0.05, 0) is 32.5 Å². The number of aromatic nitrogens is 2. The van der Waals surface area contributed by atoms with E-state index >= 15 is 0 Å². The Kier molecular flexibility index (Phi) is 4.22. The number of likely N-dealkylation sites (N-methyl/N-ethyl adjacent to an activating group) is 1. The number of rotatable bonds is 6. The first-order chi connectivity index (χ1) is 9.13. The number of aliphatic hydroxyl groups is 1. The van der Waals surface area contributed by atoms with Gasteiger partial charge in [0.15, 0.2) is 0 Å². The smallest absolute Gasteiger partial charge is 0.109 e. The van der Waals surface area contributed by atoms with E-state index in [1.807, 2.05) is 32.2 Å². The number of hydrogen-bond donors (Lipinski definition) is 2. The van der Waals surface area contributed by atoms with Gasteiger partial charge in [0, 0.05) is 18.5 Å². The van der Waals surface area contributed by atoms with Crippen LogP contribution in [0.1, 0.15) is 26.1 Å². The second-order valence-electron chi connectivity index (χ2n) is 5.24. The van der Waals surface area contributed by atoms with Crippen molar-refractivity contribution in [1.29, 1.82) is 0 Å². The van der Waals surface area contributed by atoms with Gasteiger partial charge in [0.1, 0.15) is 5.82 Å². The Morgan fingerprint density at radius 1 is 1.37 bits per heavy atom. The molecular weight excluding hydrogens is 238 g/mol. The van der Waals surface area contributed by atoms with Gasteiger partial charge in [-0.25, -0.2) is 4.98 Å². The number of imidazole rings is 1. The molecule has 1 unspecified atom stereocenters. The minimum absolute atomic E-state index is 0.136. The lowest BCUT2D eigenvalue weighted by Gasteiger charge is -2.27. The summed E-state index contributed by atoms with van der Waals surface area (Å²) in [5.41, 5.74) is 1.99. The third-order valence-electron chi connectivity index (χ3n) is 3.89. The molecule has 2 N–H and O–H groups in total. The molecule has 1 heterocycles. The lowest BCUT2D eigenvalue weighted by atomic mass is 9.99. The van der Waals surface area contributed by atoms with Crippen molar-refractivity contribution in [3.05, 3.63) is 30.1 Å². The van der Waals surface area contributed by atoms with E-state index in [4.69, 9.17) is 0 Å². The van der Waals surface area contributed by atoms with E-state index in [9.17, 15) is 5.11 Å². The van der Waals surface area contributed by atoms with Gasteiger partial charge in [-0.2, -0.15) is 0 Å². The zero-order valence-electron chi connectivity index (χ0n) is 12.0. The maximum absolute atomic E-state index is 9.47. The van der Waals surface area contributed by atoms with Crippen LogP contribution in [0.2, 0.25) is 0 Å². The predicted molar refractivity (Wildman–Crippen MR) is 78.3 cm³/mol. The van der Waals surface area contributed by atoms with Crippen LogP contribution < -0.4 is 5.32 Å². The average molecular weight is 261 g/mol. The SMILES string of the molecule is CCc1nc2ccccc2n1CCC(C)(CO)NC. The van der Waals surface area contributed by atoms with E-state index in [0.29, 0.717) is 0 Å². The summed E-state index contributed by atoms with van der Waals surface area (Å²) in [6.07, 6.45) is 1.79. The fraction of sp³-hybridized carbons (Fsp3) is 0.533. The van der Waals surface area contributed by atoms with Crippen LogP contribution in [0.3, 0.4) is 0 Å². The molecule has 4 nitrogen and oxygen atoms in total. The van der Waals surface area contributed by atoms with Gasteiger partial charge in [0.2, 0.25) is 0 Å². The van der Waals surface area contributed by atoms with Gasteiger partial charge in [0.25, 0.3) is 0 Å². The van der Waals surface area contributed by atoms with Crippen LogP contribution in [0.5, 0.6) is 0 Å². The first kappa shape index (κ1) is 14.0. The van der Waals surface area contributed by atoms with Crippen LogP contribution in [-0.4, -0.2) is 33.9 Å². The Balaban J connectivity index is 2.29. The summed E-state index contributed by atoms with van der Waals surface area (Å²) in [5.74, 6) is 1.11. The number of aliphatic hydroxyl groups excluding tert-OH is 1. The Bertz CT molecular complexity index is 543. The molecular formula is C15H23N3O. The largest absolute Gasteiger partial charge is 0.394 e. The molecule has 4 heteroatoms. The number of aryl methyl sites for hydroxylation is 2. The Labute approximate surface area is 114 Å². The lowest BCUT2D eigenvalue weighted by molar-refractivity contribution is 0.169. The summed E-state index contributed by atoms with van der Waals surface area (Å²) in [6, 6.07) is 8.22. The molecule has 2 rings (SSSR count). The van der Waals surface area contributed by atoms with E-state index in [1.54, 1.807) is 0 Å². The molecule has 19 heavy (non-hydrogen) atoms. The number of benzene rings is 1. The first-order valence-electron chi connectivity index (χ1n) is 6.87. The van der Waals surface area contributed by atoms with Crippen molar-refractivity contribution in [2.24, 2.45) is 0 Å². The molecule has 0 saturated heterocycles. The normalized spacial score (nSPS) is 14.7. The van der Waals surface area contributed by atoms with Gasteiger partial charge in [-0.15, -0.1) is 0 Å². The lowest BCUT2D eigenvalue weighted by Crippen LogP contribution is -2.44. The molecule has 1 atom stereocenters. The topological polar surface area (TPSA) is 50.1 Å². The van der Waals surface area contributed by atoms with Gasteiger partial charge in [0.05, 0.1) is 17.6 Å². The summed E-state index contributed by atoms with van der Waals surface area (Å²) in [7, 11) is 1.89. The molecule has 0 fully saturated rings. The van der Waals surface area contributed by atoms with Crippen LogP contribution in [0, 0.1) is 0 Å². The summed E-state index contributed by atoms with van der Waals surface area (Å²) in [6.45, 7) is 5.16. The first-order valence-corrected chi connectivity index (χ1v) is 6.87. The predicted octanol–water partition coefficient (Wildman–Crippen LogP) is 1.96. The van der Waals surface area contributed by atoms with Crippen molar-refractivity contribution < 1.29 is 5.11 Å². The second kappa shape index (κ2) is 5.72. The average Bonchev–Trinajstić information content (AvgIpc) is 2.82. The fourth-order valence-corrected chi connectivity index (χ4v) is 2.29. The standard InChI is InChI=1S/C15H23N3O/c1-4-14-17-12-7-5-6-8-13(12)18(14)10-9-15(2,11-19)16-3/h5-8,16,19H,4,9-11H2,1-3H3. The van der Waals surface area contributed by atoms with Crippen LogP contribution in [0.4, 0.5) is 0 Å². The van der Waals surface area contributed by atoms with Crippen molar-refractivity contribution in [2.75, 3.05) is 13.7 Å². The second-order valence-corrected chi connectivity index (χ2v) is 5.24. The van der Waals surface area contributed by atoms with Crippen LogP contribution in [-0.2, 0) is 13.0 Å². The summed E-state index contributed by atoms with van der Waals surface area (Å²) >= 11 is 0. The highest BCUT2D eigenvalue weighted by atomic mass is 16.3. The van der Waals surface area contributed by atoms with Crippen molar-refractivity contribution in [3.8, 4) is 0 Å². The summed E-state index contributed by atoms with van der Waals surface area (Å²) < 4.78 is 2.26. The highest BCUT2D eigenvalue weighted by Crippen LogP contribution is 2.19. The van der Waals surface area contributed by atoms with E-state index in [1.165, 1.54) is 5.52 Å². The highest BCUT2D eigenvalue weighted by molar-refractivity contribution is 5.75. The van der Waals surface area contributed by atoms with E-state index in [2.05, 4.69) is 27.9 Å². The summed E-state index contributed by atoms with van der Waals surface area (Å²) in [5, 5.41) is 12.7. The number of hydrogen-bond acceptors (Lipinski definition) is 3. The minimum Gasteiger partial charge on any atom is -0.394 e. The zero-order valence-corrected chi connectivity index (χ0v) is 12.0. The van der Waals surface area contributed by atoms with Crippen LogP contribution in [0.15, 0.2) is 24.3 Å². The van der Waals surface area contributed by atoms with Gasteiger partial charge in [-0.3, -0.25) is 0 Å². The third kappa shape index (κ3) is 2.80. The van der Waals surface area contributed by atoms with Gasteiger partial charge < -0.3 is 15.0 Å². The number of nitrogens with one attached hydrogen (secondary N) is 1. The van der Waals surface area contributed by atoms with Crippen molar-refractivity contribution >= 4 is 11.0 Å². The van der Waals surface area contributed by atoms with E-state index in [0.717, 1.165) is 30.7 Å². The fourth-order valence-electron chi connectivity index (χ4n) is 2.29. The Morgan fingerprint density at radius 2 is 2.11 bits per heavy atom. The monoisotopic (exact) mass is 261 g/mol. The molecule has 0 bridgehead atoms. The van der Waals surface area contributed by atoms with Gasteiger partial charge in [-0.1, -0.05) is 19.1 Å². The number of fused-ring (bicyclic) bond motifs is 1. The molecule has 0 saturated carbocycles. The molecule has 0 aliphatic carbocycles. The van der Waals surface area contributed by atoms with E-state index < -0.39 is 0 Å². The molecule has 1 aromatic carbocycles. The quantitative estimate of drug-likeness (QED) is 0.835. The molecule has 1 aromatic heterocycles. The number of para-hydroxylation sites is 2. The van der Waals surface area contributed by atoms with Crippen LogP contribution >= 0.6 is 0 Å². The van der Waals surface area contributed by atoms with E-state index in [-0.39, 0.29) is 12.1 Å². The molecule has 0 aliphatic heterocycles. The zero-order chi connectivity index (χ0) is 13.9. The highest BCUT2D eigenvalue weighted by Gasteiger charge is 2.21. The van der Waals surface area contributed by atoms with Crippen molar-refractivity contribution in [3.63, 3.8) is 0 Å². The molecule has 0 spiro atoms. The third-order valence-corrected chi connectivity index (χ3v) is 3.89. The molecule has 0 amide bonds. The van der Waals surface area contributed by atoms with Crippen LogP contribution in [0.25, 0.3) is 11.0 Å². The Morgan fingerprint density at radius 3 is 2.74 bits per heavy atom. The maximum Gasteiger partial charge on any atom is 0.109 e. The van der Waals surface area contributed by atoms with Crippen molar-refractivity contribution in [1.82, 2.24) is 14.9 Å². The number of nitrogens with zero attached hydrogens (tertiary/aromatic N) is 2. The summed E-state index contributed by atoms with van der Waals surface area (Å²) in [4.78, 5) is 4.66. The molecule has 2 aromatic rings. The van der Waals surface area contributed by atoms with Crippen molar-refractivity contribution in [2.45, 2.75) is 38.8 Å². The maximum atomic E-state index is 9.47. The minimum atomic E-state index is -0.240. The molecule has 0 aliphatic rings. The Hall–Kier alpha value is -1.39. The molecule has 0 radical (unpaired) electrons. The van der Waals surface area contributed by atoms with Gasteiger partial charge >= 0.3 is 0 Å².